The molecule has 4 heterocycles. The fraction of sp³-hybridized carbons (Fsp3) is 0.455. The molecular weight excluding hydrogens is 442 g/mol. The van der Waals surface area contributed by atoms with Gasteiger partial charge in [-0.1, -0.05) is 18.2 Å². The fourth-order valence-corrected chi connectivity index (χ4v) is 5.78. The molecule has 170 valence electrons. The van der Waals surface area contributed by atoms with E-state index in [1.54, 1.807) is 23.6 Å². The van der Waals surface area contributed by atoms with Crippen molar-refractivity contribution in [2.75, 3.05) is 37.7 Å². The maximum absolute atomic E-state index is 5.94. The minimum Gasteiger partial charge on any atom is -0.476 e. The van der Waals surface area contributed by atoms with Gasteiger partial charge in [-0.15, -0.1) is 11.3 Å². The Morgan fingerprint density at radius 1 is 1.12 bits per heavy atom. The Morgan fingerprint density at radius 3 is 2.62 bits per heavy atom. The van der Waals surface area contributed by atoms with Crippen molar-refractivity contribution in [2.24, 2.45) is 0 Å². The zero-order valence-electron chi connectivity index (χ0n) is 18.5. The number of aromatic nitrogens is 4. The highest BCUT2D eigenvalue weighted by Crippen LogP contribution is 2.39. The summed E-state index contributed by atoms with van der Waals surface area (Å²) in [6.45, 7) is 8.09. The van der Waals surface area contributed by atoms with E-state index in [1.807, 2.05) is 12.1 Å². The number of ether oxygens (including phenoxy) is 1. The van der Waals surface area contributed by atoms with Crippen molar-refractivity contribution in [3.8, 4) is 16.5 Å². The van der Waals surface area contributed by atoms with Gasteiger partial charge in [-0.3, -0.25) is 4.90 Å². The number of hydrogen-bond acceptors (Lipinski definition) is 10. The highest BCUT2D eigenvalue weighted by molar-refractivity contribution is 7.99. The molecule has 0 aromatic carbocycles. The van der Waals surface area contributed by atoms with E-state index in [2.05, 4.69) is 33.7 Å². The number of anilines is 2. The van der Waals surface area contributed by atoms with Crippen LogP contribution in [0, 0.1) is 6.92 Å². The predicted molar refractivity (Wildman–Crippen MR) is 131 cm³/mol. The molecular formula is C22H29N7OS2. The molecule has 1 aliphatic heterocycles. The lowest BCUT2D eigenvalue weighted by Gasteiger charge is -2.26. The Bertz CT molecular complexity index is 1030. The smallest absolute Gasteiger partial charge is 0.213 e. The number of nitrogen functional groups attached to an aromatic ring is 2. The van der Waals surface area contributed by atoms with Crippen molar-refractivity contribution in [3.63, 3.8) is 0 Å². The molecule has 32 heavy (non-hydrogen) atoms. The number of aryl methyl sites for hydroxylation is 1. The van der Waals surface area contributed by atoms with E-state index in [0.717, 1.165) is 27.7 Å². The van der Waals surface area contributed by atoms with Crippen molar-refractivity contribution in [3.05, 3.63) is 35.0 Å². The number of thioether (sulfide) groups is 1. The van der Waals surface area contributed by atoms with E-state index in [1.165, 1.54) is 44.1 Å². The van der Waals surface area contributed by atoms with E-state index in [0.29, 0.717) is 29.3 Å². The van der Waals surface area contributed by atoms with E-state index < -0.39 is 0 Å². The van der Waals surface area contributed by atoms with Crippen LogP contribution in [0.3, 0.4) is 0 Å². The third kappa shape index (κ3) is 5.87. The second-order valence-corrected chi connectivity index (χ2v) is 10.4. The van der Waals surface area contributed by atoms with Gasteiger partial charge in [-0.05, 0) is 45.8 Å². The molecule has 0 saturated carbocycles. The van der Waals surface area contributed by atoms with Crippen molar-refractivity contribution < 1.29 is 4.74 Å². The number of piperidine rings is 1. The van der Waals surface area contributed by atoms with Gasteiger partial charge in [0.05, 0.1) is 10.9 Å². The number of pyridine rings is 1. The van der Waals surface area contributed by atoms with Gasteiger partial charge in [0.2, 0.25) is 5.88 Å². The zero-order valence-corrected chi connectivity index (χ0v) is 20.1. The normalized spacial score (nSPS) is 15.6. The standard InChI is InChI=1S/C22H29N7OS2/c1-14-20(15(2)32-22-26-17(23)13-18(24)27-22)28-21(31-14)16-6-7-25-19(12-16)30-11-10-29-8-4-3-5-9-29/h6-7,12-13,15H,3-5,8-11H2,1-2H3,(H4,23,24,26,27)/t15-/m0/s1. The van der Waals surface area contributed by atoms with Crippen LogP contribution in [0.25, 0.3) is 10.6 Å². The third-order valence-electron chi connectivity index (χ3n) is 5.33. The van der Waals surface area contributed by atoms with Gasteiger partial charge in [0.25, 0.3) is 0 Å². The average Bonchev–Trinajstić information content (AvgIpc) is 3.16. The molecule has 4 N–H and O–H groups in total. The summed E-state index contributed by atoms with van der Waals surface area (Å²) in [4.78, 5) is 21.4. The molecule has 3 aromatic heterocycles. The van der Waals surface area contributed by atoms with Crippen LogP contribution in [0.2, 0.25) is 0 Å². The lowest BCUT2D eigenvalue weighted by Crippen LogP contribution is -2.33. The molecule has 0 aliphatic carbocycles. The molecule has 0 amide bonds. The molecule has 0 unspecified atom stereocenters. The first-order valence-corrected chi connectivity index (χ1v) is 12.5. The lowest BCUT2D eigenvalue weighted by molar-refractivity contribution is 0.180. The highest BCUT2D eigenvalue weighted by Gasteiger charge is 2.19. The fourth-order valence-electron chi connectivity index (χ4n) is 3.72. The minimum absolute atomic E-state index is 0.0586. The number of thiazole rings is 1. The topological polar surface area (TPSA) is 116 Å². The lowest BCUT2D eigenvalue weighted by atomic mass is 10.1. The Kier molecular flexibility index (Phi) is 7.44. The Hall–Kier alpha value is -2.43. The average molecular weight is 472 g/mol. The van der Waals surface area contributed by atoms with E-state index in [9.17, 15) is 0 Å². The zero-order chi connectivity index (χ0) is 22.5. The predicted octanol–water partition coefficient (Wildman–Crippen LogP) is 4.19. The van der Waals surface area contributed by atoms with Crippen LogP contribution in [-0.4, -0.2) is 51.1 Å². The maximum atomic E-state index is 5.94. The molecule has 10 heteroatoms. The number of nitrogens with two attached hydrogens (primary N) is 2. The van der Waals surface area contributed by atoms with Gasteiger partial charge in [0.15, 0.2) is 5.16 Å². The summed E-state index contributed by atoms with van der Waals surface area (Å²) in [5, 5.41) is 1.56. The van der Waals surface area contributed by atoms with E-state index >= 15 is 0 Å². The van der Waals surface area contributed by atoms with Crippen LogP contribution < -0.4 is 16.2 Å². The second kappa shape index (κ2) is 10.5. The largest absolute Gasteiger partial charge is 0.476 e. The van der Waals surface area contributed by atoms with Gasteiger partial charge in [0.1, 0.15) is 23.3 Å². The summed E-state index contributed by atoms with van der Waals surface area (Å²) in [6, 6.07) is 5.49. The molecule has 1 atom stereocenters. The first-order chi connectivity index (χ1) is 15.5. The van der Waals surface area contributed by atoms with Crippen LogP contribution in [0.4, 0.5) is 11.6 Å². The monoisotopic (exact) mass is 471 g/mol. The van der Waals surface area contributed by atoms with Crippen LogP contribution in [-0.2, 0) is 0 Å². The Balaban J connectivity index is 1.41. The van der Waals surface area contributed by atoms with Gasteiger partial charge < -0.3 is 16.2 Å². The molecule has 1 saturated heterocycles. The third-order valence-corrected chi connectivity index (χ3v) is 7.34. The quantitative estimate of drug-likeness (QED) is 0.368. The summed E-state index contributed by atoms with van der Waals surface area (Å²) in [5.41, 5.74) is 13.6. The Morgan fingerprint density at radius 2 is 1.88 bits per heavy atom. The van der Waals surface area contributed by atoms with Crippen molar-refractivity contribution in [2.45, 2.75) is 43.5 Å². The summed E-state index contributed by atoms with van der Waals surface area (Å²) in [5.74, 6) is 1.37. The van der Waals surface area contributed by atoms with E-state index in [4.69, 9.17) is 21.2 Å². The molecule has 3 aromatic rings. The first-order valence-electron chi connectivity index (χ1n) is 10.8. The molecule has 0 radical (unpaired) electrons. The SMILES string of the molecule is Cc1sc(-c2ccnc(OCCN3CCCCC3)c2)nc1[C@H](C)Sc1nc(N)cc(N)n1. The summed E-state index contributed by atoms with van der Waals surface area (Å²) < 4.78 is 5.94. The highest BCUT2D eigenvalue weighted by atomic mass is 32.2. The molecule has 4 rings (SSSR count). The molecule has 0 spiro atoms. The first kappa shape index (κ1) is 22.8. The van der Waals surface area contributed by atoms with Gasteiger partial charge >= 0.3 is 0 Å². The van der Waals surface area contributed by atoms with Gasteiger partial charge in [-0.2, -0.15) is 0 Å². The summed E-state index contributed by atoms with van der Waals surface area (Å²) in [6.07, 6.45) is 5.69. The van der Waals surface area contributed by atoms with Crippen LogP contribution in [0.15, 0.2) is 29.6 Å². The number of likely N-dealkylation sites (tertiary alicyclic amines) is 1. The molecule has 0 bridgehead atoms. The van der Waals surface area contributed by atoms with Crippen molar-refractivity contribution >= 4 is 34.7 Å². The van der Waals surface area contributed by atoms with Crippen molar-refractivity contribution in [1.29, 1.82) is 0 Å². The Labute approximate surface area is 196 Å². The minimum atomic E-state index is 0.0586. The molecule has 1 fully saturated rings. The number of hydrogen-bond donors (Lipinski definition) is 2. The van der Waals surface area contributed by atoms with Crippen molar-refractivity contribution in [1.82, 2.24) is 24.8 Å². The number of nitrogens with zero attached hydrogens (tertiary/aromatic N) is 5. The molecule has 1 aliphatic rings. The van der Waals surface area contributed by atoms with E-state index in [-0.39, 0.29) is 5.25 Å². The van der Waals surface area contributed by atoms with Crippen LogP contribution in [0.1, 0.15) is 42.0 Å². The van der Waals surface area contributed by atoms with Gasteiger partial charge in [-0.25, -0.2) is 19.9 Å². The second-order valence-electron chi connectivity index (χ2n) is 7.85. The van der Waals surface area contributed by atoms with Crippen LogP contribution >= 0.6 is 23.1 Å². The molecule has 8 nitrogen and oxygen atoms in total. The maximum Gasteiger partial charge on any atom is 0.213 e. The van der Waals surface area contributed by atoms with Crippen LogP contribution in [0.5, 0.6) is 5.88 Å². The van der Waals surface area contributed by atoms with Gasteiger partial charge in [0, 0.05) is 35.3 Å². The summed E-state index contributed by atoms with van der Waals surface area (Å²) >= 11 is 3.16. The number of rotatable bonds is 8. The summed E-state index contributed by atoms with van der Waals surface area (Å²) in [7, 11) is 0.